The summed E-state index contributed by atoms with van der Waals surface area (Å²) in [5, 5.41) is 15.7. The van der Waals surface area contributed by atoms with Crippen LogP contribution in [0.15, 0.2) is 54.7 Å². The lowest BCUT2D eigenvalue weighted by Crippen LogP contribution is -2.48. The van der Waals surface area contributed by atoms with Gasteiger partial charge in [-0.1, -0.05) is 12.1 Å². The minimum atomic E-state index is -0.693. The van der Waals surface area contributed by atoms with Gasteiger partial charge in [0.25, 0.3) is 11.8 Å². The molecule has 0 unspecified atom stereocenters. The molecule has 5 rings (SSSR count). The Labute approximate surface area is 203 Å². The number of nitrogens with zero attached hydrogens (tertiary/aromatic N) is 3. The quantitative estimate of drug-likeness (QED) is 0.388. The van der Waals surface area contributed by atoms with Gasteiger partial charge in [0.05, 0.1) is 6.20 Å². The molecule has 5 N–H and O–H groups in total. The van der Waals surface area contributed by atoms with Gasteiger partial charge in [-0.25, -0.2) is 9.97 Å². The number of hydrogen-bond donors (Lipinski definition) is 4. The topological polar surface area (TPSA) is 133 Å². The SMILES string of the molecule is NC(=O)c1ncc(N2CCC[C@@H](NC(=O)c3ccc(C4CC4)cc3)C2)nc1Nc1ccc(O)cc1. The van der Waals surface area contributed by atoms with Crippen molar-refractivity contribution in [1.82, 2.24) is 15.3 Å². The molecule has 9 nitrogen and oxygen atoms in total. The average molecular weight is 473 g/mol. The first kappa shape index (κ1) is 22.6. The predicted molar refractivity (Wildman–Crippen MR) is 133 cm³/mol. The number of aromatic nitrogens is 2. The Bertz CT molecular complexity index is 1220. The smallest absolute Gasteiger partial charge is 0.271 e. The second-order valence-electron chi connectivity index (χ2n) is 9.12. The number of phenols is 1. The van der Waals surface area contributed by atoms with Gasteiger partial charge in [0.2, 0.25) is 0 Å². The van der Waals surface area contributed by atoms with Gasteiger partial charge in [-0.15, -0.1) is 0 Å². The van der Waals surface area contributed by atoms with Crippen LogP contribution in [0.5, 0.6) is 5.75 Å². The molecular weight excluding hydrogens is 444 g/mol. The number of carbonyl (C=O) groups excluding carboxylic acids is 2. The highest BCUT2D eigenvalue weighted by Gasteiger charge is 2.26. The number of primary amides is 1. The van der Waals surface area contributed by atoms with Crippen LogP contribution >= 0.6 is 0 Å². The monoisotopic (exact) mass is 472 g/mol. The number of benzene rings is 2. The van der Waals surface area contributed by atoms with Gasteiger partial charge in [0.15, 0.2) is 11.5 Å². The maximum absolute atomic E-state index is 12.8. The van der Waals surface area contributed by atoms with Gasteiger partial charge in [-0.3, -0.25) is 9.59 Å². The molecule has 9 heteroatoms. The van der Waals surface area contributed by atoms with E-state index in [4.69, 9.17) is 5.73 Å². The molecule has 1 saturated heterocycles. The van der Waals surface area contributed by atoms with E-state index in [1.54, 1.807) is 12.1 Å². The van der Waals surface area contributed by atoms with E-state index in [2.05, 4.69) is 32.7 Å². The van der Waals surface area contributed by atoms with Gasteiger partial charge in [0.1, 0.15) is 11.6 Å². The van der Waals surface area contributed by atoms with Crippen molar-refractivity contribution in [1.29, 1.82) is 0 Å². The van der Waals surface area contributed by atoms with Gasteiger partial charge in [0, 0.05) is 30.4 Å². The van der Waals surface area contributed by atoms with Gasteiger partial charge < -0.3 is 26.4 Å². The number of nitrogens with two attached hydrogens (primary N) is 1. The van der Waals surface area contributed by atoms with Gasteiger partial charge in [-0.2, -0.15) is 0 Å². The average Bonchev–Trinajstić information content (AvgIpc) is 3.71. The van der Waals surface area contributed by atoms with Crippen molar-refractivity contribution in [2.45, 2.75) is 37.6 Å². The summed E-state index contributed by atoms with van der Waals surface area (Å²) in [4.78, 5) is 35.6. The first-order valence-electron chi connectivity index (χ1n) is 11.8. The van der Waals surface area contributed by atoms with Crippen molar-refractivity contribution in [3.8, 4) is 5.75 Å². The van der Waals surface area contributed by atoms with Crippen LogP contribution < -0.4 is 21.3 Å². The number of rotatable bonds is 7. The standard InChI is InChI=1S/C26H28N6O3/c27-24(34)23-25(29-19-9-11-21(33)12-10-19)31-22(14-28-23)32-13-1-2-20(15-32)30-26(35)18-7-5-17(6-8-18)16-3-4-16/h5-12,14,16,20,33H,1-4,13,15H2,(H2,27,34)(H,29,31)(H,30,35)/t20-/m1/s1. The Kier molecular flexibility index (Phi) is 6.22. The number of anilines is 3. The van der Waals surface area contributed by atoms with Crippen molar-refractivity contribution in [3.05, 3.63) is 71.5 Å². The first-order chi connectivity index (χ1) is 17.0. The van der Waals surface area contributed by atoms with E-state index in [0.717, 1.165) is 19.4 Å². The van der Waals surface area contributed by atoms with Crippen molar-refractivity contribution in [2.24, 2.45) is 5.73 Å². The van der Waals surface area contributed by atoms with Crippen molar-refractivity contribution >= 4 is 29.1 Å². The molecule has 2 amide bonds. The molecule has 2 fully saturated rings. The van der Waals surface area contributed by atoms with E-state index in [1.807, 2.05) is 17.0 Å². The molecule has 1 aromatic heterocycles. The zero-order valence-electron chi connectivity index (χ0n) is 19.3. The van der Waals surface area contributed by atoms with Crippen molar-refractivity contribution in [3.63, 3.8) is 0 Å². The second kappa shape index (κ2) is 9.61. The first-order valence-corrected chi connectivity index (χ1v) is 11.8. The molecule has 1 saturated carbocycles. The number of hydrogen-bond acceptors (Lipinski definition) is 7. The van der Waals surface area contributed by atoms with Crippen LogP contribution in [0.1, 0.15) is 58.0 Å². The molecule has 3 aromatic rings. The van der Waals surface area contributed by atoms with Crippen molar-refractivity contribution < 1.29 is 14.7 Å². The molecule has 1 aliphatic heterocycles. The van der Waals surface area contributed by atoms with E-state index in [1.165, 1.54) is 36.7 Å². The second-order valence-corrected chi connectivity index (χ2v) is 9.12. The summed E-state index contributed by atoms with van der Waals surface area (Å²) in [6.45, 7) is 1.33. The molecule has 1 atom stereocenters. The summed E-state index contributed by atoms with van der Waals surface area (Å²) in [5.41, 5.74) is 8.13. The third kappa shape index (κ3) is 5.34. The van der Waals surface area contributed by atoms with Crippen LogP contribution in [-0.2, 0) is 0 Å². The van der Waals surface area contributed by atoms with E-state index >= 15 is 0 Å². The Balaban J connectivity index is 1.28. The molecular formula is C26H28N6O3. The lowest BCUT2D eigenvalue weighted by molar-refractivity contribution is 0.0932. The summed E-state index contributed by atoms with van der Waals surface area (Å²) in [5.74, 6) is 0.845. The lowest BCUT2D eigenvalue weighted by atomic mass is 10.0. The Morgan fingerprint density at radius 1 is 1.03 bits per heavy atom. The van der Waals surface area contributed by atoms with Crippen LogP contribution in [0.25, 0.3) is 0 Å². The van der Waals surface area contributed by atoms with Crippen LogP contribution in [0.4, 0.5) is 17.3 Å². The van der Waals surface area contributed by atoms with E-state index in [-0.39, 0.29) is 29.2 Å². The minimum Gasteiger partial charge on any atom is -0.508 e. The van der Waals surface area contributed by atoms with E-state index < -0.39 is 5.91 Å². The molecule has 35 heavy (non-hydrogen) atoms. The summed E-state index contributed by atoms with van der Waals surface area (Å²) < 4.78 is 0. The summed E-state index contributed by atoms with van der Waals surface area (Å²) in [6, 6.07) is 14.3. The highest BCUT2D eigenvalue weighted by Crippen LogP contribution is 2.39. The molecule has 0 spiro atoms. The third-order valence-corrected chi connectivity index (χ3v) is 6.43. The lowest BCUT2D eigenvalue weighted by Gasteiger charge is -2.34. The summed E-state index contributed by atoms with van der Waals surface area (Å²) in [7, 11) is 0. The van der Waals surface area contributed by atoms with Gasteiger partial charge in [-0.05, 0) is 73.6 Å². The van der Waals surface area contributed by atoms with E-state index in [0.29, 0.717) is 29.5 Å². The summed E-state index contributed by atoms with van der Waals surface area (Å²) in [6.07, 6.45) is 5.75. The number of amides is 2. The number of aromatic hydroxyl groups is 1. The van der Waals surface area contributed by atoms with Crippen LogP contribution in [0.3, 0.4) is 0 Å². The fraction of sp³-hybridized carbons (Fsp3) is 0.308. The number of carbonyl (C=O) groups is 2. The highest BCUT2D eigenvalue weighted by atomic mass is 16.3. The molecule has 0 radical (unpaired) electrons. The molecule has 180 valence electrons. The van der Waals surface area contributed by atoms with Crippen molar-refractivity contribution in [2.75, 3.05) is 23.3 Å². The Morgan fingerprint density at radius 3 is 2.46 bits per heavy atom. The zero-order valence-corrected chi connectivity index (χ0v) is 19.3. The van der Waals surface area contributed by atoms with Crippen LogP contribution in [0, 0.1) is 0 Å². The maximum atomic E-state index is 12.8. The van der Waals surface area contributed by atoms with Crippen LogP contribution in [-0.4, -0.2) is 46.0 Å². The number of phenolic OH excluding ortho intramolecular Hbond substituents is 1. The number of piperidine rings is 1. The number of nitrogens with one attached hydrogen (secondary N) is 2. The predicted octanol–water partition coefficient (Wildman–Crippen LogP) is 3.30. The molecule has 2 aromatic carbocycles. The van der Waals surface area contributed by atoms with Gasteiger partial charge >= 0.3 is 0 Å². The molecule has 2 heterocycles. The van der Waals surface area contributed by atoms with Crippen LogP contribution in [0.2, 0.25) is 0 Å². The maximum Gasteiger partial charge on any atom is 0.271 e. The fourth-order valence-corrected chi connectivity index (χ4v) is 4.38. The third-order valence-electron chi connectivity index (χ3n) is 6.43. The largest absolute Gasteiger partial charge is 0.508 e. The minimum absolute atomic E-state index is 0.0262. The molecule has 0 bridgehead atoms. The molecule has 1 aliphatic carbocycles. The Hall–Kier alpha value is -4.14. The van der Waals surface area contributed by atoms with E-state index in [9.17, 15) is 14.7 Å². The summed E-state index contributed by atoms with van der Waals surface area (Å²) >= 11 is 0. The normalized spacial score (nSPS) is 17.6. The molecule has 2 aliphatic rings. The Morgan fingerprint density at radius 2 is 1.77 bits per heavy atom. The fourth-order valence-electron chi connectivity index (χ4n) is 4.38. The highest BCUT2D eigenvalue weighted by molar-refractivity contribution is 5.96. The zero-order chi connectivity index (χ0) is 24.4.